The highest BCUT2D eigenvalue weighted by atomic mass is 32.1. The van der Waals surface area contributed by atoms with E-state index in [9.17, 15) is 0 Å². The highest BCUT2D eigenvalue weighted by Gasteiger charge is 2.16. The van der Waals surface area contributed by atoms with Crippen molar-refractivity contribution in [1.82, 2.24) is 15.3 Å². The summed E-state index contributed by atoms with van der Waals surface area (Å²) in [6, 6.07) is 2.28. The smallest absolute Gasteiger partial charge is 0.128 e. The van der Waals surface area contributed by atoms with Crippen LogP contribution < -0.4 is 11.1 Å². The first-order chi connectivity index (χ1) is 9.10. The molecular formula is C14H20N4S. The van der Waals surface area contributed by atoms with Crippen LogP contribution in [0.1, 0.15) is 34.8 Å². The molecule has 0 bridgehead atoms. The molecule has 0 spiro atoms. The zero-order valence-electron chi connectivity index (χ0n) is 11.6. The summed E-state index contributed by atoms with van der Waals surface area (Å²) in [4.78, 5) is 8.78. The summed E-state index contributed by atoms with van der Waals surface area (Å²) in [5.41, 5.74) is 9.28. The number of anilines is 1. The lowest BCUT2D eigenvalue weighted by Gasteiger charge is -2.19. The summed E-state index contributed by atoms with van der Waals surface area (Å²) in [7, 11) is 0. The minimum Gasteiger partial charge on any atom is -0.383 e. The molecule has 19 heavy (non-hydrogen) atoms. The van der Waals surface area contributed by atoms with Crippen molar-refractivity contribution in [2.24, 2.45) is 0 Å². The van der Waals surface area contributed by atoms with Crippen molar-refractivity contribution in [3.8, 4) is 0 Å². The molecule has 3 N–H and O–H groups in total. The first-order valence-corrected chi connectivity index (χ1v) is 7.34. The SMILES string of the molecule is CCNC(Cc1nc(C)cs1)c1cc(C)cnc1N. The Kier molecular flexibility index (Phi) is 4.50. The Morgan fingerprint density at radius 3 is 2.84 bits per heavy atom. The van der Waals surface area contributed by atoms with Crippen molar-refractivity contribution in [2.45, 2.75) is 33.2 Å². The molecule has 0 saturated carbocycles. The van der Waals surface area contributed by atoms with E-state index in [0.29, 0.717) is 5.82 Å². The van der Waals surface area contributed by atoms with Gasteiger partial charge in [0, 0.05) is 35.3 Å². The number of nitrogens with two attached hydrogens (primary N) is 1. The van der Waals surface area contributed by atoms with Crippen LogP contribution in [0.15, 0.2) is 17.6 Å². The number of hydrogen-bond acceptors (Lipinski definition) is 5. The molecule has 102 valence electrons. The van der Waals surface area contributed by atoms with Crippen molar-refractivity contribution < 1.29 is 0 Å². The van der Waals surface area contributed by atoms with Crippen molar-refractivity contribution in [3.05, 3.63) is 39.5 Å². The van der Waals surface area contributed by atoms with Crippen molar-refractivity contribution in [1.29, 1.82) is 0 Å². The molecule has 0 radical (unpaired) electrons. The Bertz CT molecular complexity index is 550. The van der Waals surface area contributed by atoms with Gasteiger partial charge < -0.3 is 11.1 Å². The van der Waals surface area contributed by atoms with Crippen LogP contribution in [0.3, 0.4) is 0 Å². The number of pyridine rings is 1. The fourth-order valence-corrected chi connectivity index (χ4v) is 2.91. The third-order valence-electron chi connectivity index (χ3n) is 2.96. The topological polar surface area (TPSA) is 63.8 Å². The molecule has 2 aromatic heterocycles. The molecule has 1 unspecified atom stereocenters. The zero-order chi connectivity index (χ0) is 13.8. The van der Waals surface area contributed by atoms with Crippen LogP contribution in [0.4, 0.5) is 5.82 Å². The Labute approximate surface area is 118 Å². The lowest BCUT2D eigenvalue weighted by atomic mass is 10.0. The van der Waals surface area contributed by atoms with Crippen LogP contribution in [0, 0.1) is 13.8 Å². The molecule has 5 heteroatoms. The molecule has 0 aromatic carbocycles. The van der Waals surface area contributed by atoms with Gasteiger partial charge in [-0.1, -0.05) is 6.92 Å². The van der Waals surface area contributed by atoms with Gasteiger partial charge in [0.15, 0.2) is 0 Å². The highest BCUT2D eigenvalue weighted by molar-refractivity contribution is 7.09. The van der Waals surface area contributed by atoms with E-state index in [-0.39, 0.29) is 6.04 Å². The predicted molar refractivity (Wildman–Crippen MR) is 80.4 cm³/mol. The van der Waals surface area contributed by atoms with Crippen LogP contribution >= 0.6 is 11.3 Å². The first-order valence-electron chi connectivity index (χ1n) is 6.46. The summed E-state index contributed by atoms with van der Waals surface area (Å²) in [6.45, 7) is 7.04. The normalized spacial score (nSPS) is 12.6. The number of nitrogen functional groups attached to an aromatic ring is 1. The second kappa shape index (κ2) is 6.12. The number of hydrogen-bond donors (Lipinski definition) is 2. The van der Waals surface area contributed by atoms with Crippen molar-refractivity contribution in [3.63, 3.8) is 0 Å². The molecule has 1 atom stereocenters. The minimum absolute atomic E-state index is 0.169. The van der Waals surface area contributed by atoms with E-state index in [1.807, 2.05) is 13.8 Å². The number of nitrogens with zero attached hydrogens (tertiary/aromatic N) is 2. The van der Waals surface area contributed by atoms with Gasteiger partial charge in [-0.15, -0.1) is 11.3 Å². The maximum absolute atomic E-state index is 6.01. The second-order valence-electron chi connectivity index (χ2n) is 4.68. The number of aromatic nitrogens is 2. The largest absolute Gasteiger partial charge is 0.383 e. The van der Waals surface area contributed by atoms with E-state index >= 15 is 0 Å². The summed E-state index contributed by atoms with van der Waals surface area (Å²) in [5.74, 6) is 0.602. The van der Waals surface area contributed by atoms with Gasteiger partial charge in [0.1, 0.15) is 5.82 Å². The van der Waals surface area contributed by atoms with Gasteiger partial charge in [-0.2, -0.15) is 0 Å². The first kappa shape index (κ1) is 14.0. The molecule has 0 fully saturated rings. The van der Waals surface area contributed by atoms with Crippen LogP contribution in [0.5, 0.6) is 0 Å². The van der Waals surface area contributed by atoms with Gasteiger partial charge in [-0.05, 0) is 32.0 Å². The van der Waals surface area contributed by atoms with E-state index in [1.54, 1.807) is 17.5 Å². The van der Waals surface area contributed by atoms with Crippen molar-refractivity contribution in [2.75, 3.05) is 12.3 Å². The summed E-state index contributed by atoms with van der Waals surface area (Å²) >= 11 is 1.70. The molecule has 4 nitrogen and oxygen atoms in total. The van der Waals surface area contributed by atoms with E-state index < -0.39 is 0 Å². The Morgan fingerprint density at radius 1 is 1.42 bits per heavy atom. The molecule has 2 rings (SSSR count). The molecule has 0 aliphatic rings. The number of aryl methyl sites for hydroxylation is 2. The van der Waals surface area contributed by atoms with Gasteiger partial charge in [0.25, 0.3) is 0 Å². The molecule has 0 aliphatic carbocycles. The highest BCUT2D eigenvalue weighted by Crippen LogP contribution is 2.24. The fraction of sp³-hybridized carbons (Fsp3) is 0.429. The molecular weight excluding hydrogens is 256 g/mol. The third kappa shape index (κ3) is 3.52. The minimum atomic E-state index is 0.169. The Balaban J connectivity index is 2.26. The summed E-state index contributed by atoms with van der Waals surface area (Å²) in [6.07, 6.45) is 2.65. The summed E-state index contributed by atoms with van der Waals surface area (Å²) < 4.78 is 0. The lowest BCUT2D eigenvalue weighted by Crippen LogP contribution is -2.24. The molecule has 0 aliphatic heterocycles. The predicted octanol–water partition coefficient (Wildman–Crippen LogP) is 2.63. The van der Waals surface area contributed by atoms with Crippen LogP contribution in [-0.4, -0.2) is 16.5 Å². The fourth-order valence-electron chi connectivity index (χ4n) is 2.09. The Morgan fingerprint density at radius 2 is 2.21 bits per heavy atom. The number of nitrogens with one attached hydrogen (secondary N) is 1. The van der Waals surface area contributed by atoms with Gasteiger partial charge >= 0.3 is 0 Å². The lowest BCUT2D eigenvalue weighted by molar-refractivity contribution is 0.548. The van der Waals surface area contributed by atoms with Gasteiger partial charge in [0.2, 0.25) is 0 Å². The van der Waals surface area contributed by atoms with Gasteiger partial charge in [0.05, 0.1) is 5.01 Å². The Hall–Kier alpha value is -1.46. The molecule has 0 amide bonds. The molecule has 2 heterocycles. The maximum Gasteiger partial charge on any atom is 0.128 e. The van der Waals surface area contributed by atoms with Crippen molar-refractivity contribution >= 4 is 17.2 Å². The van der Waals surface area contributed by atoms with E-state index in [2.05, 4.69) is 33.7 Å². The van der Waals surface area contributed by atoms with Crippen LogP contribution in [0.2, 0.25) is 0 Å². The quantitative estimate of drug-likeness (QED) is 0.881. The van der Waals surface area contributed by atoms with E-state index in [1.165, 1.54) is 0 Å². The number of likely N-dealkylation sites (N-methyl/N-ethyl adjacent to an activating group) is 1. The van der Waals surface area contributed by atoms with Crippen LogP contribution in [-0.2, 0) is 6.42 Å². The van der Waals surface area contributed by atoms with Crippen LogP contribution in [0.25, 0.3) is 0 Å². The maximum atomic E-state index is 6.01. The average molecular weight is 276 g/mol. The zero-order valence-corrected chi connectivity index (χ0v) is 12.4. The van der Waals surface area contributed by atoms with Gasteiger partial charge in [-0.3, -0.25) is 0 Å². The number of rotatable bonds is 5. The molecule has 0 saturated heterocycles. The third-order valence-corrected chi connectivity index (χ3v) is 3.95. The van der Waals surface area contributed by atoms with E-state index in [4.69, 9.17) is 5.73 Å². The van der Waals surface area contributed by atoms with Gasteiger partial charge in [-0.25, -0.2) is 9.97 Å². The monoisotopic (exact) mass is 276 g/mol. The second-order valence-corrected chi connectivity index (χ2v) is 5.63. The standard InChI is InChI=1S/C14H20N4S/c1-4-16-12(6-13-18-10(3)8-19-13)11-5-9(2)7-17-14(11)15/h5,7-8,12,16H,4,6H2,1-3H3,(H2,15,17). The summed E-state index contributed by atoms with van der Waals surface area (Å²) in [5, 5.41) is 6.68. The van der Waals surface area contributed by atoms with E-state index in [0.717, 1.165) is 34.8 Å². The number of thiazole rings is 1. The average Bonchev–Trinajstić information content (AvgIpc) is 2.77. The molecule has 2 aromatic rings.